The molecule has 5 nitrogen and oxygen atoms in total. The molecule has 0 radical (unpaired) electrons. The largest absolute Gasteiger partial charge is 0.391 e. The SMILES string of the molecule is CC(C)N(C)CCNS(=O)(=O)c1cc(CO)sc1Br. The van der Waals surface area contributed by atoms with Crippen LogP contribution in [0.2, 0.25) is 0 Å². The van der Waals surface area contributed by atoms with Gasteiger partial charge in [0, 0.05) is 24.0 Å². The molecule has 1 heterocycles. The standard InChI is InChI=1S/C11H19BrN2O3S2/c1-8(2)14(3)5-4-13-19(16,17)10-6-9(7-15)18-11(10)12/h6,8,13,15H,4-5,7H2,1-3H3. The third kappa shape index (κ3) is 4.80. The summed E-state index contributed by atoms with van der Waals surface area (Å²) in [5.74, 6) is 0. The van der Waals surface area contributed by atoms with Crippen LogP contribution < -0.4 is 4.72 Å². The fraction of sp³-hybridized carbons (Fsp3) is 0.636. The molecule has 110 valence electrons. The van der Waals surface area contributed by atoms with Gasteiger partial charge in [-0.25, -0.2) is 13.1 Å². The highest BCUT2D eigenvalue weighted by molar-refractivity contribution is 9.11. The van der Waals surface area contributed by atoms with Gasteiger partial charge in [0.2, 0.25) is 10.0 Å². The molecule has 0 aliphatic rings. The molecule has 2 N–H and O–H groups in total. The maximum Gasteiger partial charge on any atom is 0.242 e. The lowest BCUT2D eigenvalue weighted by atomic mass is 10.3. The van der Waals surface area contributed by atoms with Gasteiger partial charge in [-0.15, -0.1) is 11.3 Å². The Bertz CT molecular complexity index is 514. The number of hydrogen-bond donors (Lipinski definition) is 2. The molecule has 19 heavy (non-hydrogen) atoms. The van der Waals surface area contributed by atoms with Gasteiger partial charge in [-0.3, -0.25) is 0 Å². The molecular formula is C11H19BrN2O3S2. The van der Waals surface area contributed by atoms with Crippen molar-refractivity contribution in [2.24, 2.45) is 0 Å². The van der Waals surface area contributed by atoms with Crippen LogP contribution >= 0.6 is 27.3 Å². The zero-order valence-corrected chi connectivity index (χ0v) is 14.4. The summed E-state index contributed by atoms with van der Waals surface area (Å²) in [4.78, 5) is 2.87. The Morgan fingerprint density at radius 2 is 2.16 bits per heavy atom. The second kappa shape index (κ2) is 7.14. The fourth-order valence-electron chi connectivity index (χ4n) is 1.35. The van der Waals surface area contributed by atoms with E-state index >= 15 is 0 Å². The van der Waals surface area contributed by atoms with Crippen LogP contribution in [0.15, 0.2) is 14.7 Å². The van der Waals surface area contributed by atoms with Crippen LogP contribution in [0.4, 0.5) is 0 Å². The predicted octanol–water partition coefficient (Wildman–Crippen LogP) is 1.62. The van der Waals surface area contributed by atoms with Crippen molar-refractivity contribution in [3.8, 4) is 0 Å². The number of thiophene rings is 1. The zero-order valence-electron chi connectivity index (χ0n) is 11.2. The van der Waals surface area contributed by atoms with Gasteiger partial charge >= 0.3 is 0 Å². The smallest absolute Gasteiger partial charge is 0.242 e. The lowest BCUT2D eigenvalue weighted by Crippen LogP contribution is -2.36. The number of nitrogens with one attached hydrogen (secondary N) is 1. The molecule has 0 saturated heterocycles. The summed E-state index contributed by atoms with van der Waals surface area (Å²) in [7, 11) is -1.58. The molecule has 8 heteroatoms. The molecule has 1 rings (SSSR count). The first kappa shape index (κ1) is 17.1. The molecule has 0 bridgehead atoms. The van der Waals surface area contributed by atoms with Crippen molar-refractivity contribution >= 4 is 37.3 Å². The normalized spacial score (nSPS) is 12.6. The van der Waals surface area contributed by atoms with E-state index in [0.29, 0.717) is 27.8 Å². The molecule has 0 unspecified atom stereocenters. The van der Waals surface area contributed by atoms with E-state index in [-0.39, 0.29) is 11.5 Å². The van der Waals surface area contributed by atoms with E-state index in [1.165, 1.54) is 17.4 Å². The molecular weight excluding hydrogens is 352 g/mol. The van der Waals surface area contributed by atoms with Crippen molar-refractivity contribution < 1.29 is 13.5 Å². The monoisotopic (exact) mass is 370 g/mol. The minimum absolute atomic E-state index is 0.158. The molecule has 0 spiro atoms. The summed E-state index contributed by atoms with van der Waals surface area (Å²) in [6, 6.07) is 1.86. The van der Waals surface area contributed by atoms with E-state index in [0.717, 1.165) is 0 Å². The molecule has 1 aromatic heterocycles. The first-order valence-electron chi connectivity index (χ1n) is 5.87. The fourth-order valence-corrected chi connectivity index (χ4v) is 4.91. The highest BCUT2D eigenvalue weighted by Gasteiger charge is 2.20. The number of aliphatic hydroxyl groups excluding tert-OH is 1. The lowest BCUT2D eigenvalue weighted by molar-refractivity contribution is 0.278. The number of sulfonamides is 1. The first-order valence-corrected chi connectivity index (χ1v) is 8.96. The molecule has 0 atom stereocenters. The average molecular weight is 371 g/mol. The minimum atomic E-state index is -3.53. The number of hydrogen-bond acceptors (Lipinski definition) is 5. The second-order valence-corrected chi connectivity index (χ2v) is 8.67. The molecule has 0 aromatic carbocycles. The van der Waals surface area contributed by atoms with Crippen molar-refractivity contribution in [3.63, 3.8) is 0 Å². The highest BCUT2D eigenvalue weighted by Crippen LogP contribution is 2.31. The van der Waals surface area contributed by atoms with Gasteiger partial charge < -0.3 is 10.0 Å². The third-order valence-corrected chi connectivity index (χ3v) is 6.49. The Hall–Kier alpha value is 0.01000. The Kier molecular flexibility index (Phi) is 6.41. The number of likely N-dealkylation sites (N-methyl/N-ethyl adjacent to an activating group) is 1. The van der Waals surface area contributed by atoms with Crippen LogP contribution in [0, 0.1) is 0 Å². The molecule has 0 aliphatic heterocycles. The van der Waals surface area contributed by atoms with Gasteiger partial charge in [0.25, 0.3) is 0 Å². The molecule has 0 aliphatic carbocycles. The summed E-state index contributed by atoms with van der Waals surface area (Å²) in [5.41, 5.74) is 0. The van der Waals surface area contributed by atoms with Crippen LogP contribution in [0.1, 0.15) is 18.7 Å². The zero-order chi connectivity index (χ0) is 14.6. The summed E-state index contributed by atoms with van der Waals surface area (Å²) in [6.45, 7) is 4.95. The van der Waals surface area contributed by atoms with E-state index in [1.54, 1.807) is 0 Å². The van der Waals surface area contributed by atoms with Gasteiger partial charge in [-0.2, -0.15) is 0 Å². The maximum atomic E-state index is 12.1. The Morgan fingerprint density at radius 1 is 1.53 bits per heavy atom. The van der Waals surface area contributed by atoms with Crippen molar-refractivity contribution in [1.82, 2.24) is 9.62 Å². The van der Waals surface area contributed by atoms with E-state index in [9.17, 15) is 8.42 Å². The maximum absolute atomic E-state index is 12.1. The molecule has 1 aromatic rings. The van der Waals surface area contributed by atoms with Crippen LogP contribution in [-0.4, -0.2) is 44.6 Å². The summed E-state index contributed by atoms with van der Waals surface area (Å²) in [6.07, 6.45) is 0. The van der Waals surface area contributed by atoms with E-state index in [2.05, 4.69) is 39.4 Å². The summed E-state index contributed by atoms with van der Waals surface area (Å²) >= 11 is 4.44. The van der Waals surface area contributed by atoms with Gasteiger partial charge in [0.1, 0.15) is 4.90 Å². The van der Waals surface area contributed by atoms with Crippen molar-refractivity contribution in [2.75, 3.05) is 20.1 Å². The topological polar surface area (TPSA) is 69.6 Å². The first-order chi connectivity index (χ1) is 8.77. The number of halogens is 1. The van der Waals surface area contributed by atoms with Gasteiger partial charge in [0.15, 0.2) is 0 Å². The summed E-state index contributed by atoms with van der Waals surface area (Å²) in [5, 5.41) is 9.02. The van der Waals surface area contributed by atoms with Crippen molar-refractivity contribution in [2.45, 2.75) is 31.4 Å². The van der Waals surface area contributed by atoms with E-state index < -0.39 is 10.0 Å². The van der Waals surface area contributed by atoms with Crippen LogP contribution in [0.25, 0.3) is 0 Å². The summed E-state index contributed by atoms with van der Waals surface area (Å²) < 4.78 is 27.3. The quantitative estimate of drug-likeness (QED) is 0.764. The van der Waals surface area contributed by atoms with E-state index in [4.69, 9.17) is 5.11 Å². The molecule has 0 fully saturated rings. The van der Waals surface area contributed by atoms with Crippen LogP contribution in [0.5, 0.6) is 0 Å². The number of nitrogens with zero attached hydrogens (tertiary/aromatic N) is 1. The molecule has 0 saturated carbocycles. The average Bonchev–Trinajstić information content (AvgIpc) is 2.70. The predicted molar refractivity (Wildman–Crippen MR) is 80.9 cm³/mol. The van der Waals surface area contributed by atoms with Gasteiger partial charge in [0.05, 0.1) is 10.4 Å². The van der Waals surface area contributed by atoms with Crippen molar-refractivity contribution in [3.05, 3.63) is 14.7 Å². The van der Waals surface area contributed by atoms with Crippen LogP contribution in [0.3, 0.4) is 0 Å². The Morgan fingerprint density at radius 3 is 2.63 bits per heavy atom. The Balaban J connectivity index is 2.68. The molecule has 0 amide bonds. The number of aliphatic hydroxyl groups is 1. The van der Waals surface area contributed by atoms with E-state index in [1.807, 2.05) is 7.05 Å². The lowest BCUT2D eigenvalue weighted by Gasteiger charge is -2.20. The third-order valence-electron chi connectivity index (χ3n) is 2.79. The minimum Gasteiger partial charge on any atom is -0.391 e. The second-order valence-electron chi connectivity index (χ2n) is 4.48. The van der Waals surface area contributed by atoms with Gasteiger partial charge in [-0.05, 0) is 42.9 Å². The van der Waals surface area contributed by atoms with Gasteiger partial charge in [-0.1, -0.05) is 0 Å². The Labute approximate surface area is 126 Å². The van der Waals surface area contributed by atoms with Crippen molar-refractivity contribution in [1.29, 1.82) is 0 Å². The highest BCUT2D eigenvalue weighted by atomic mass is 79.9. The number of rotatable bonds is 7. The van der Waals surface area contributed by atoms with Crippen LogP contribution in [-0.2, 0) is 16.6 Å².